The van der Waals surface area contributed by atoms with Crippen molar-refractivity contribution < 1.29 is 23.1 Å². The molecule has 0 spiro atoms. The van der Waals surface area contributed by atoms with E-state index in [-0.39, 0.29) is 29.0 Å². The van der Waals surface area contributed by atoms with Gasteiger partial charge in [-0.3, -0.25) is 14.2 Å². The first-order chi connectivity index (χ1) is 12.8. The fraction of sp³-hybridized carbons (Fsp3) is 0.222. The molecule has 140 valence electrons. The van der Waals surface area contributed by atoms with Crippen LogP contribution >= 0.6 is 0 Å². The lowest BCUT2D eigenvalue weighted by Gasteiger charge is -2.16. The molecule has 27 heavy (non-hydrogen) atoms. The van der Waals surface area contributed by atoms with Gasteiger partial charge in [-0.05, 0) is 31.5 Å². The summed E-state index contributed by atoms with van der Waals surface area (Å²) in [7, 11) is 0. The molecule has 2 N–H and O–H groups in total. The second-order valence-electron chi connectivity index (χ2n) is 5.75. The molecule has 1 amide bonds. The highest BCUT2D eigenvalue weighted by Crippen LogP contribution is 2.24. The summed E-state index contributed by atoms with van der Waals surface area (Å²) in [5.41, 5.74) is 4.95. The second-order valence-corrected chi connectivity index (χ2v) is 5.75. The smallest absolute Gasteiger partial charge is 0.342 e. The van der Waals surface area contributed by atoms with Crippen LogP contribution in [0.5, 0.6) is 0 Å². The molecule has 3 aromatic rings. The van der Waals surface area contributed by atoms with Crippen molar-refractivity contribution in [3.8, 4) is 0 Å². The topological polar surface area (TPSA) is 117 Å². The third-order valence-corrected chi connectivity index (χ3v) is 4.03. The standard InChI is InChI=1S/C18H16FN3O5/c1-3-26-18(25)12-9(2)27-16-13(12)17(24)22(8-21-16)14(15(20)23)10-4-6-11(19)7-5-10/h4-8,14H,3H2,1-2H3,(H2,20,23). The number of carbonyl (C=O) groups is 2. The van der Waals surface area contributed by atoms with Crippen molar-refractivity contribution in [3.63, 3.8) is 0 Å². The summed E-state index contributed by atoms with van der Waals surface area (Å²) >= 11 is 0. The maximum atomic E-state index is 13.2. The van der Waals surface area contributed by atoms with E-state index in [2.05, 4.69) is 4.98 Å². The molecule has 0 bridgehead atoms. The van der Waals surface area contributed by atoms with Gasteiger partial charge in [0.25, 0.3) is 5.56 Å². The third-order valence-electron chi connectivity index (χ3n) is 4.03. The number of primary amides is 1. The summed E-state index contributed by atoms with van der Waals surface area (Å²) < 4.78 is 24.5. The largest absolute Gasteiger partial charge is 0.462 e. The van der Waals surface area contributed by atoms with Gasteiger partial charge >= 0.3 is 5.97 Å². The van der Waals surface area contributed by atoms with Crippen LogP contribution in [0.2, 0.25) is 0 Å². The average molecular weight is 373 g/mol. The first kappa shape index (κ1) is 18.3. The Kier molecular flexibility index (Phi) is 4.76. The van der Waals surface area contributed by atoms with E-state index in [1.54, 1.807) is 6.92 Å². The van der Waals surface area contributed by atoms with Crippen LogP contribution < -0.4 is 11.3 Å². The number of hydrogen-bond acceptors (Lipinski definition) is 6. The molecule has 8 nitrogen and oxygen atoms in total. The molecule has 0 aliphatic carbocycles. The van der Waals surface area contributed by atoms with Crippen LogP contribution in [0.3, 0.4) is 0 Å². The van der Waals surface area contributed by atoms with E-state index in [9.17, 15) is 18.8 Å². The van der Waals surface area contributed by atoms with Crippen LogP contribution in [0, 0.1) is 12.7 Å². The van der Waals surface area contributed by atoms with E-state index in [1.165, 1.54) is 19.1 Å². The Bertz CT molecular complexity index is 1080. The number of amides is 1. The van der Waals surface area contributed by atoms with Crippen molar-refractivity contribution >= 4 is 23.0 Å². The van der Waals surface area contributed by atoms with Gasteiger partial charge in [0, 0.05) is 0 Å². The highest BCUT2D eigenvalue weighted by molar-refractivity contribution is 6.03. The van der Waals surface area contributed by atoms with Gasteiger partial charge < -0.3 is 14.9 Å². The molecular weight excluding hydrogens is 357 g/mol. The zero-order valence-corrected chi connectivity index (χ0v) is 14.6. The Morgan fingerprint density at radius 3 is 2.59 bits per heavy atom. The summed E-state index contributed by atoms with van der Waals surface area (Å²) in [6, 6.07) is 3.74. The zero-order valence-electron chi connectivity index (χ0n) is 14.6. The van der Waals surface area contributed by atoms with Gasteiger partial charge in [0.15, 0.2) is 0 Å². The maximum Gasteiger partial charge on any atom is 0.342 e. The number of benzene rings is 1. The van der Waals surface area contributed by atoms with Gasteiger partial charge in [-0.1, -0.05) is 12.1 Å². The molecule has 0 aliphatic rings. The number of nitrogens with two attached hydrogens (primary N) is 1. The van der Waals surface area contributed by atoms with E-state index in [4.69, 9.17) is 14.9 Å². The Hall–Kier alpha value is -3.49. The number of halogens is 1. The lowest BCUT2D eigenvalue weighted by Crippen LogP contribution is -2.35. The van der Waals surface area contributed by atoms with Crippen LogP contribution in [0.4, 0.5) is 4.39 Å². The minimum Gasteiger partial charge on any atom is -0.462 e. The van der Waals surface area contributed by atoms with E-state index < -0.39 is 29.3 Å². The lowest BCUT2D eigenvalue weighted by atomic mass is 10.1. The van der Waals surface area contributed by atoms with Gasteiger partial charge in [0.2, 0.25) is 11.6 Å². The summed E-state index contributed by atoms with van der Waals surface area (Å²) in [4.78, 5) is 41.3. The Balaban J connectivity index is 2.25. The first-order valence-corrected chi connectivity index (χ1v) is 8.07. The van der Waals surface area contributed by atoms with Crippen molar-refractivity contribution in [1.82, 2.24) is 9.55 Å². The van der Waals surface area contributed by atoms with Gasteiger partial charge in [-0.15, -0.1) is 0 Å². The highest BCUT2D eigenvalue weighted by Gasteiger charge is 2.28. The Labute approximate surface area is 152 Å². The number of aromatic nitrogens is 2. The van der Waals surface area contributed by atoms with Gasteiger partial charge in [-0.2, -0.15) is 0 Å². The molecular formula is C18H16FN3O5. The number of carbonyl (C=O) groups excluding carboxylic acids is 2. The van der Waals surface area contributed by atoms with Gasteiger partial charge in [-0.25, -0.2) is 14.2 Å². The second kappa shape index (κ2) is 7.02. The van der Waals surface area contributed by atoms with Gasteiger partial charge in [0.05, 0.1) is 6.61 Å². The van der Waals surface area contributed by atoms with E-state index >= 15 is 0 Å². The molecule has 0 saturated heterocycles. The quantitative estimate of drug-likeness (QED) is 0.680. The molecule has 0 aliphatic heterocycles. The molecule has 1 aromatic carbocycles. The molecule has 2 heterocycles. The van der Waals surface area contributed by atoms with E-state index in [0.29, 0.717) is 5.56 Å². The number of ether oxygens (including phenoxy) is 1. The highest BCUT2D eigenvalue weighted by atomic mass is 19.1. The predicted molar refractivity (Wildman–Crippen MR) is 92.7 cm³/mol. The number of nitrogens with zero attached hydrogens (tertiary/aromatic N) is 2. The fourth-order valence-corrected chi connectivity index (χ4v) is 2.86. The minimum atomic E-state index is -1.24. The molecule has 1 atom stereocenters. The summed E-state index contributed by atoms with van der Waals surface area (Å²) in [5, 5.41) is -0.109. The number of rotatable bonds is 5. The Morgan fingerprint density at radius 2 is 2.00 bits per heavy atom. The van der Waals surface area contributed by atoms with Crippen molar-refractivity contribution in [1.29, 1.82) is 0 Å². The lowest BCUT2D eigenvalue weighted by molar-refractivity contribution is -0.120. The van der Waals surface area contributed by atoms with Crippen molar-refractivity contribution in [2.24, 2.45) is 5.73 Å². The SMILES string of the molecule is CCOC(=O)c1c(C)oc2ncn(C(C(N)=O)c3ccc(F)cc3)c(=O)c12. The van der Waals surface area contributed by atoms with Gasteiger partial charge in [0.1, 0.15) is 34.9 Å². The zero-order chi connectivity index (χ0) is 19.7. The number of hydrogen-bond donors (Lipinski definition) is 1. The number of aryl methyl sites for hydroxylation is 1. The summed E-state index contributed by atoms with van der Waals surface area (Å²) in [6.45, 7) is 3.24. The van der Waals surface area contributed by atoms with Crippen LogP contribution in [-0.4, -0.2) is 28.0 Å². The van der Waals surface area contributed by atoms with Crippen LogP contribution in [0.1, 0.15) is 34.6 Å². The number of furan rings is 1. The fourth-order valence-electron chi connectivity index (χ4n) is 2.86. The molecule has 2 aromatic heterocycles. The summed E-state index contributed by atoms with van der Waals surface area (Å²) in [5.74, 6) is -1.91. The third kappa shape index (κ3) is 3.19. The molecule has 1 unspecified atom stereocenters. The number of esters is 1. The average Bonchev–Trinajstić information content (AvgIpc) is 2.95. The number of fused-ring (bicyclic) bond motifs is 1. The van der Waals surface area contributed by atoms with Crippen LogP contribution in [0.25, 0.3) is 11.1 Å². The molecule has 0 saturated carbocycles. The monoisotopic (exact) mass is 373 g/mol. The first-order valence-electron chi connectivity index (χ1n) is 8.07. The van der Waals surface area contributed by atoms with Crippen molar-refractivity contribution in [2.75, 3.05) is 6.61 Å². The molecule has 0 radical (unpaired) electrons. The van der Waals surface area contributed by atoms with E-state index in [1.807, 2.05) is 0 Å². The van der Waals surface area contributed by atoms with E-state index in [0.717, 1.165) is 23.0 Å². The van der Waals surface area contributed by atoms with Crippen molar-refractivity contribution in [3.05, 3.63) is 63.7 Å². The molecule has 3 rings (SSSR count). The maximum absolute atomic E-state index is 13.2. The predicted octanol–water partition coefficient (Wildman–Crippen LogP) is 1.69. The summed E-state index contributed by atoms with van der Waals surface area (Å²) in [6.07, 6.45) is 1.10. The minimum absolute atomic E-state index is 0.0546. The molecule has 9 heteroatoms. The van der Waals surface area contributed by atoms with Crippen LogP contribution in [0.15, 0.2) is 39.8 Å². The Morgan fingerprint density at radius 1 is 1.33 bits per heavy atom. The molecule has 0 fully saturated rings. The van der Waals surface area contributed by atoms with Crippen molar-refractivity contribution in [2.45, 2.75) is 19.9 Å². The van der Waals surface area contributed by atoms with Crippen LogP contribution in [-0.2, 0) is 9.53 Å². The normalized spacial score (nSPS) is 12.1.